The number of aliphatic hydroxyl groups is 1. The maximum absolute atomic E-state index is 13.6. The molecule has 2 N–H and O–H groups in total. The molecule has 1 atom stereocenters. The van der Waals surface area contributed by atoms with Crippen molar-refractivity contribution in [3.63, 3.8) is 0 Å². The van der Waals surface area contributed by atoms with Crippen molar-refractivity contribution >= 4 is 5.91 Å². The second-order valence-corrected chi connectivity index (χ2v) is 7.33. The molecule has 0 aliphatic rings. The number of hydrogen-bond donors (Lipinski definition) is 2. The first kappa shape index (κ1) is 22.5. The summed E-state index contributed by atoms with van der Waals surface area (Å²) in [5.74, 6) is -1.09. The molecule has 0 saturated heterocycles. The molecule has 2 aromatic heterocycles. The number of nitrogens with zero attached hydrogens (tertiary/aromatic N) is 4. The summed E-state index contributed by atoms with van der Waals surface area (Å²) in [5, 5.41) is 17.1. The Bertz CT molecular complexity index is 1060. The number of aryl methyl sites for hydroxylation is 2. The number of halogens is 3. The molecule has 7 nitrogen and oxygen atoms in total. The monoisotopic (exact) mass is 435 g/mol. The molecule has 1 aromatic carbocycles. The Labute approximate surface area is 177 Å². The summed E-state index contributed by atoms with van der Waals surface area (Å²) in [6, 6.07) is 7.59. The Morgan fingerprint density at radius 2 is 1.90 bits per heavy atom. The summed E-state index contributed by atoms with van der Waals surface area (Å²) >= 11 is 0. The fourth-order valence-corrected chi connectivity index (χ4v) is 3.41. The van der Waals surface area contributed by atoms with Crippen LogP contribution in [0.25, 0.3) is 5.69 Å². The Balaban J connectivity index is 1.76. The number of nitrogens with one attached hydrogen (secondary N) is 1. The molecule has 0 spiro atoms. The lowest BCUT2D eigenvalue weighted by molar-refractivity contribution is -0.272. The van der Waals surface area contributed by atoms with Gasteiger partial charge in [-0.15, -0.1) is 0 Å². The van der Waals surface area contributed by atoms with Gasteiger partial charge in [-0.3, -0.25) is 4.79 Å². The normalized spacial score (nSPS) is 13.8. The molecule has 1 amide bonds. The molecule has 31 heavy (non-hydrogen) atoms. The average molecular weight is 435 g/mol. The van der Waals surface area contributed by atoms with Crippen LogP contribution < -0.4 is 5.32 Å². The lowest BCUT2D eigenvalue weighted by Crippen LogP contribution is -2.46. The summed E-state index contributed by atoms with van der Waals surface area (Å²) in [4.78, 5) is 16.3. The van der Waals surface area contributed by atoms with Crippen molar-refractivity contribution in [3.05, 3.63) is 65.5 Å². The standard InChI is InChI=1S/C21H24F3N5O2/c1-4-17-16(13-27-29(17)15-7-5-14(2)6-8-15)18(30)25-10-9-20(31,21(22,23)24)19-26-11-12-28(19)3/h5-8,11-13,31H,4,9-10H2,1-3H3,(H,25,30). The fraction of sp³-hybridized carbons (Fsp3) is 0.381. The zero-order valence-electron chi connectivity index (χ0n) is 17.4. The van der Waals surface area contributed by atoms with Gasteiger partial charge in [-0.05, 0) is 25.5 Å². The van der Waals surface area contributed by atoms with E-state index in [9.17, 15) is 23.1 Å². The topological polar surface area (TPSA) is 85.0 Å². The van der Waals surface area contributed by atoms with Gasteiger partial charge in [0.05, 0.1) is 23.1 Å². The van der Waals surface area contributed by atoms with Crippen molar-refractivity contribution in [1.82, 2.24) is 24.6 Å². The molecule has 0 aliphatic heterocycles. The molecule has 2 heterocycles. The van der Waals surface area contributed by atoms with Gasteiger partial charge in [0.2, 0.25) is 5.60 Å². The van der Waals surface area contributed by atoms with Crippen LogP contribution >= 0.6 is 0 Å². The van der Waals surface area contributed by atoms with E-state index in [0.29, 0.717) is 12.1 Å². The Morgan fingerprint density at radius 1 is 1.23 bits per heavy atom. The summed E-state index contributed by atoms with van der Waals surface area (Å²) in [6.45, 7) is 3.42. The largest absolute Gasteiger partial charge is 0.424 e. The van der Waals surface area contributed by atoms with Gasteiger partial charge in [-0.2, -0.15) is 18.3 Å². The van der Waals surface area contributed by atoms with E-state index in [-0.39, 0.29) is 5.56 Å². The number of hydrogen-bond acceptors (Lipinski definition) is 4. The van der Waals surface area contributed by atoms with E-state index in [0.717, 1.165) is 15.8 Å². The van der Waals surface area contributed by atoms with Crippen LogP contribution in [0, 0.1) is 6.92 Å². The number of carbonyl (C=O) groups is 1. The van der Waals surface area contributed by atoms with Gasteiger partial charge in [0, 0.05) is 32.4 Å². The van der Waals surface area contributed by atoms with Crippen molar-refractivity contribution < 1.29 is 23.1 Å². The van der Waals surface area contributed by atoms with Crippen molar-refractivity contribution in [1.29, 1.82) is 0 Å². The molecule has 0 saturated carbocycles. The van der Waals surface area contributed by atoms with Gasteiger partial charge in [-0.1, -0.05) is 24.6 Å². The van der Waals surface area contributed by atoms with E-state index in [1.54, 1.807) is 4.68 Å². The summed E-state index contributed by atoms with van der Waals surface area (Å²) in [6.07, 6.45) is -1.35. The predicted molar refractivity (Wildman–Crippen MR) is 108 cm³/mol. The van der Waals surface area contributed by atoms with Crippen LogP contribution in [0.15, 0.2) is 42.9 Å². The summed E-state index contributed by atoms with van der Waals surface area (Å²) in [7, 11) is 1.37. The highest BCUT2D eigenvalue weighted by molar-refractivity contribution is 5.95. The molecule has 0 radical (unpaired) electrons. The molecular weight excluding hydrogens is 411 g/mol. The molecule has 0 aliphatic carbocycles. The second-order valence-electron chi connectivity index (χ2n) is 7.33. The minimum Gasteiger partial charge on any atom is -0.374 e. The van der Waals surface area contributed by atoms with E-state index >= 15 is 0 Å². The molecule has 3 aromatic rings. The highest BCUT2D eigenvalue weighted by atomic mass is 19.4. The first-order valence-electron chi connectivity index (χ1n) is 9.77. The number of rotatable bonds is 7. The van der Waals surface area contributed by atoms with E-state index < -0.39 is 36.5 Å². The minimum absolute atomic E-state index is 0.274. The lowest BCUT2D eigenvalue weighted by Gasteiger charge is -2.29. The molecule has 166 valence electrons. The zero-order valence-corrected chi connectivity index (χ0v) is 17.4. The minimum atomic E-state index is -4.96. The van der Waals surface area contributed by atoms with Crippen molar-refractivity contribution in [2.45, 2.75) is 38.5 Å². The third kappa shape index (κ3) is 4.34. The van der Waals surface area contributed by atoms with Crippen molar-refractivity contribution in [2.75, 3.05) is 6.54 Å². The van der Waals surface area contributed by atoms with Crippen LogP contribution in [0.3, 0.4) is 0 Å². The number of imidazole rings is 1. The van der Waals surface area contributed by atoms with E-state index in [4.69, 9.17) is 0 Å². The molecule has 1 unspecified atom stereocenters. The van der Waals surface area contributed by atoms with Crippen molar-refractivity contribution in [3.8, 4) is 5.69 Å². The Morgan fingerprint density at radius 3 is 2.45 bits per heavy atom. The molecule has 10 heteroatoms. The molecule has 0 bridgehead atoms. The second kappa shape index (κ2) is 8.54. The van der Waals surface area contributed by atoms with Gasteiger partial charge in [-0.25, -0.2) is 9.67 Å². The van der Waals surface area contributed by atoms with Crippen LogP contribution in [0.1, 0.15) is 40.8 Å². The highest BCUT2D eigenvalue weighted by Crippen LogP contribution is 2.40. The van der Waals surface area contributed by atoms with E-state index in [1.807, 2.05) is 38.1 Å². The number of amides is 1. The summed E-state index contributed by atoms with van der Waals surface area (Å²) in [5.41, 5.74) is -0.412. The van der Waals surface area contributed by atoms with Gasteiger partial charge in [0.25, 0.3) is 5.91 Å². The van der Waals surface area contributed by atoms with Gasteiger partial charge in [0.1, 0.15) is 5.82 Å². The number of alkyl halides is 3. The fourth-order valence-electron chi connectivity index (χ4n) is 3.41. The lowest BCUT2D eigenvalue weighted by atomic mass is 9.97. The Kier molecular flexibility index (Phi) is 6.21. The quantitative estimate of drug-likeness (QED) is 0.598. The predicted octanol–water partition coefficient (Wildman–Crippen LogP) is 3.05. The number of benzene rings is 1. The number of carbonyl (C=O) groups excluding carboxylic acids is 1. The summed E-state index contributed by atoms with van der Waals surface area (Å²) < 4.78 is 43.6. The van der Waals surface area contributed by atoms with Crippen LogP contribution in [-0.4, -0.2) is 43.1 Å². The molecule has 0 fully saturated rings. The van der Waals surface area contributed by atoms with Crippen LogP contribution in [0.4, 0.5) is 13.2 Å². The van der Waals surface area contributed by atoms with Gasteiger partial charge < -0.3 is 15.0 Å². The maximum Gasteiger partial charge on any atom is 0.424 e. The van der Waals surface area contributed by atoms with E-state index in [1.165, 1.54) is 25.6 Å². The molecular formula is C21H24F3N5O2. The number of aromatic nitrogens is 4. The Hall–Kier alpha value is -3.14. The molecule has 3 rings (SSSR count). The van der Waals surface area contributed by atoms with Crippen LogP contribution in [0.2, 0.25) is 0 Å². The van der Waals surface area contributed by atoms with Gasteiger partial charge >= 0.3 is 6.18 Å². The third-order valence-electron chi connectivity index (χ3n) is 5.16. The van der Waals surface area contributed by atoms with Crippen molar-refractivity contribution in [2.24, 2.45) is 7.05 Å². The van der Waals surface area contributed by atoms with Gasteiger partial charge in [0.15, 0.2) is 0 Å². The van der Waals surface area contributed by atoms with Crippen LogP contribution in [-0.2, 0) is 19.1 Å². The van der Waals surface area contributed by atoms with Crippen LogP contribution in [0.5, 0.6) is 0 Å². The zero-order chi connectivity index (χ0) is 22.8. The first-order valence-corrected chi connectivity index (χ1v) is 9.77. The average Bonchev–Trinajstić information content (AvgIpc) is 3.33. The smallest absolute Gasteiger partial charge is 0.374 e. The maximum atomic E-state index is 13.6. The highest BCUT2D eigenvalue weighted by Gasteiger charge is 2.57. The van der Waals surface area contributed by atoms with E-state index in [2.05, 4.69) is 15.4 Å². The third-order valence-corrected chi connectivity index (χ3v) is 5.16. The SMILES string of the molecule is CCc1c(C(=O)NCCC(O)(c2nccn2C)C(F)(F)F)cnn1-c1ccc(C)cc1. The first-order chi connectivity index (χ1) is 14.6.